The van der Waals surface area contributed by atoms with Gasteiger partial charge < -0.3 is 14.2 Å². The van der Waals surface area contributed by atoms with E-state index in [0.29, 0.717) is 71.1 Å². The predicted octanol–water partition coefficient (Wildman–Crippen LogP) is 3.73. The van der Waals surface area contributed by atoms with Gasteiger partial charge in [-0.3, -0.25) is 13.9 Å². The smallest absolute Gasteiger partial charge is 0.265 e. The van der Waals surface area contributed by atoms with Gasteiger partial charge in [-0.05, 0) is 25.5 Å². The Kier molecular flexibility index (Phi) is 5.85. The van der Waals surface area contributed by atoms with E-state index in [-0.39, 0.29) is 5.56 Å². The highest BCUT2D eigenvalue weighted by Gasteiger charge is 2.21. The molecule has 0 atom stereocenters. The second-order valence-electron chi connectivity index (χ2n) is 7.78. The van der Waals surface area contributed by atoms with Gasteiger partial charge >= 0.3 is 0 Å². The molecule has 0 amide bonds. The molecule has 0 radical (unpaired) electrons. The first-order valence-corrected chi connectivity index (χ1v) is 11.1. The fraction of sp³-hybridized carbons (Fsp3) is 0.280. The molecule has 0 unspecified atom stereocenters. The van der Waals surface area contributed by atoms with E-state index in [0.717, 1.165) is 5.52 Å². The van der Waals surface area contributed by atoms with Crippen LogP contribution in [0.5, 0.6) is 11.5 Å². The predicted molar refractivity (Wildman–Crippen MR) is 130 cm³/mol. The summed E-state index contributed by atoms with van der Waals surface area (Å²) in [4.78, 5) is 28.0. The van der Waals surface area contributed by atoms with Gasteiger partial charge in [0.15, 0.2) is 11.3 Å². The lowest BCUT2D eigenvalue weighted by atomic mass is 10.2. The van der Waals surface area contributed by atoms with Gasteiger partial charge in [-0.2, -0.15) is 0 Å². The van der Waals surface area contributed by atoms with Gasteiger partial charge in [-0.15, -0.1) is 0 Å². The molecule has 0 saturated carbocycles. The monoisotopic (exact) mass is 459 g/mol. The minimum Gasteiger partial charge on any atom is -0.497 e. The van der Waals surface area contributed by atoms with E-state index in [4.69, 9.17) is 24.2 Å². The molecule has 34 heavy (non-hydrogen) atoms. The van der Waals surface area contributed by atoms with E-state index in [1.165, 1.54) is 0 Å². The van der Waals surface area contributed by atoms with Gasteiger partial charge in [0.05, 0.1) is 37.3 Å². The van der Waals surface area contributed by atoms with Crippen molar-refractivity contribution in [3.63, 3.8) is 0 Å². The highest BCUT2D eigenvalue weighted by Crippen LogP contribution is 2.32. The van der Waals surface area contributed by atoms with Crippen molar-refractivity contribution in [3.05, 3.63) is 59.1 Å². The van der Waals surface area contributed by atoms with E-state index in [9.17, 15) is 4.79 Å². The lowest BCUT2D eigenvalue weighted by Gasteiger charge is -2.11. The first kappa shape index (κ1) is 21.8. The number of methoxy groups -OCH3 is 2. The number of aromatic nitrogens is 5. The molecule has 0 saturated heterocycles. The van der Waals surface area contributed by atoms with Crippen LogP contribution in [0.4, 0.5) is 0 Å². The summed E-state index contributed by atoms with van der Waals surface area (Å²) in [6, 6.07) is 13.1. The van der Waals surface area contributed by atoms with E-state index >= 15 is 0 Å². The Balaban J connectivity index is 1.81. The summed E-state index contributed by atoms with van der Waals surface area (Å²) in [7, 11) is 3.19. The number of aryl methyl sites for hydroxylation is 1. The van der Waals surface area contributed by atoms with Crippen LogP contribution in [0, 0.1) is 0 Å². The van der Waals surface area contributed by atoms with Gasteiger partial charge in [0.25, 0.3) is 5.56 Å². The second kappa shape index (κ2) is 9.11. The van der Waals surface area contributed by atoms with Gasteiger partial charge in [-0.1, -0.05) is 12.1 Å². The molecule has 0 aliphatic carbocycles. The summed E-state index contributed by atoms with van der Waals surface area (Å²) in [5.74, 6) is 1.23. The number of nitrogens with zero attached hydrogens (tertiary/aromatic N) is 5. The van der Waals surface area contributed by atoms with Crippen molar-refractivity contribution in [3.8, 4) is 17.2 Å². The Labute approximate surface area is 195 Å². The van der Waals surface area contributed by atoms with Crippen molar-refractivity contribution >= 4 is 33.2 Å². The number of rotatable bonds is 8. The highest BCUT2D eigenvalue weighted by atomic mass is 16.5. The maximum absolute atomic E-state index is 13.6. The maximum atomic E-state index is 13.6. The molecule has 0 bridgehead atoms. The van der Waals surface area contributed by atoms with Crippen LogP contribution in [0.2, 0.25) is 0 Å². The molecular weight excluding hydrogens is 434 g/mol. The van der Waals surface area contributed by atoms with Crippen LogP contribution in [0.15, 0.2) is 53.6 Å². The third-order valence-electron chi connectivity index (χ3n) is 5.72. The third-order valence-corrected chi connectivity index (χ3v) is 5.72. The molecule has 174 valence electrons. The van der Waals surface area contributed by atoms with Gasteiger partial charge in [0, 0.05) is 38.0 Å². The number of benzene rings is 2. The summed E-state index contributed by atoms with van der Waals surface area (Å²) < 4.78 is 19.8. The van der Waals surface area contributed by atoms with Crippen molar-refractivity contribution in [2.24, 2.45) is 0 Å². The van der Waals surface area contributed by atoms with Crippen LogP contribution in [-0.2, 0) is 11.3 Å². The summed E-state index contributed by atoms with van der Waals surface area (Å²) in [6.45, 7) is 3.68. The second-order valence-corrected chi connectivity index (χ2v) is 7.78. The number of para-hydroxylation sites is 2. The number of hydrogen-bond acceptors (Lipinski definition) is 7. The van der Waals surface area contributed by atoms with E-state index in [1.54, 1.807) is 31.2 Å². The van der Waals surface area contributed by atoms with Crippen LogP contribution in [-0.4, -0.2) is 51.5 Å². The zero-order valence-corrected chi connectivity index (χ0v) is 19.3. The molecule has 0 spiro atoms. The molecule has 0 aliphatic heterocycles. The summed E-state index contributed by atoms with van der Waals surface area (Å²) in [5, 5.41) is 0.425. The molecule has 0 aliphatic rings. The number of hydrogen-bond donors (Lipinski definition) is 0. The van der Waals surface area contributed by atoms with Crippen molar-refractivity contribution in [2.75, 3.05) is 27.4 Å². The normalized spacial score (nSPS) is 11.5. The van der Waals surface area contributed by atoms with Crippen LogP contribution in [0.25, 0.3) is 38.9 Å². The molecule has 9 nitrogen and oxygen atoms in total. The molecular formula is C25H25N5O4. The molecule has 9 heteroatoms. The summed E-state index contributed by atoms with van der Waals surface area (Å²) in [6.07, 6.45) is 2.28. The first-order valence-electron chi connectivity index (χ1n) is 11.1. The van der Waals surface area contributed by atoms with Crippen molar-refractivity contribution < 1.29 is 14.2 Å². The van der Waals surface area contributed by atoms with Crippen LogP contribution in [0.1, 0.15) is 13.3 Å². The van der Waals surface area contributed by atoms with Crippen molar-refractivity contribution in [2.45, 2.75) is 19.9 Å². The van der Waals surface area contributed by atoms with E-state index < -0.39 is 0 Å². The molecule has 5 aromatic rings. The molecule has 5 rings (SSSR count). The van der Waals surface area contributed by atoms with E-state index in [1.807, 2.05) is 47.9 Å². The summed E-state index contributed by atoms with van der Waals surface area (Å²) in [5.41, 5.74) is 3.51. The molecule has 0 N–H and O–H groups in total. The minimum atomic E-state index is -0.162. The first-order chi connectivity index (χ1) is 16.6. The van der Waals surface area contributed by atoms with Gasteiger partial charge in [0.1, 0.15) is 22.4 Å². The van der Waals surface area contributed by atoms with Gasteiger partial charge in [0.2, 0.25) is 0 Å². The maximum Gasteiger partial charge on any atom is 0.265 e. The average Bonchev–Trinajstić information content (AvgIpc) is 3.19. The van der Waals surface area contributed by atoms with Gasteiger partial charge in [-0.25, -0.2) is 15.0 Å². The van der Waals surface area contributed by atoms with Crippen molar-refractivity contribution in [1.82, 2.24) is 24.1 Å². The van der Waals surface area contributed by atoms with Crippen LogP contribution >= 0.6 is 0 Å². The zero-order valence-electron chi connectivity index (χ0n) is 19.3. The quantitative estimate of drug-likeness (QED) is 0.327. The zero-order chi connectivity index (χ0) is 23.7. The fourth-order valence-electron chi connectivity index (χ4n) is 4.08. The lowest BCUT2D eigenvalue weighted by Crippen LogP contribution is -2.21. The summed E-state index contributed by atoms with van der Waals surface area (Å²) >= 11 is 0. The Morgan fingerprint density at radius 3 is 2.32 bits per heavy atom. The SMILES string of the molecule is CCOCCCn1cnc2c(c1=O)c1nc3ccccc3nc1n2-c1cc(OC)cc(OC)c1. The topological polar surface area (TPSA) is 93.3 Å². The minimum absolute atomic E-state index is 0.162. The average molecular weight is 460 g/mol. The highest BCUT2D eigenvalue weighted by molar-refractivity contribution is 6.05. The molecule has 3 aromatic heterocycles. The van der Waals surface area contributed by atoms with Crippen molar-refractivity contribution in [1.29, 1.82) is 0 Å². The molecule has 2 aromatic carbocycles. The Morgan fingerprint density at radius 1 is 0.941 bits per heavy atom. The molecule has 0 fully saturated rings. The Bertz CT molecular complexity index is 1530. The Morgan fingerprint density at radius 2 is 1.65 bits per heavy atom. The molecule has 3 heterocycles. The number of fused-ring (bicyclic) bond motifs is 4. The van der Waals surface area contributed by atoms with E-state index in [2.05, 4.69) is 4.98 Å². The van der Waals surface area contributed by atoms with Crippen LogP contribution < -0.4 is 15.0 Å². The third kappa shape index (κ3) is 3.73. The Hall–Kier alpha value is -3.98. The standard InChI is InChI=1S/C25H25N5O4/c1-4-34-11-7-10-29-15-26-23-21(25(29)31)22-24(28-20-9-6-5-8-19(20)27-22)30(23)16-12-17(32-2)14-18(13-16)33-3/h5-6,8-9,12-15H,4,7,10-11H2,1-3H3. The largest absolute Gasteiger partial charge is 0.497 e. The number of ether oxygens (including phenoxy) is 3. The fourth-order valence-corrected chi connectivity index (χ4v) is 4.08. The lowest BCUT2D eigenvalue weighted by molar-refractivity contribution is 0.141. The van der Waals surface area contributed by atoms with Crippen LogP contribution in [0.3, 0.4) is 0 Å².